The first kappa shape index (κ1) is 23.3. The minimum absolute atomic E-state index is 0.112. The van der Waals surface area contributed by atoms with Gasteiger partial charge in [-0.2, -0.15) is 0 Å². The Morgan fingerprint density at radius 2 is 1.79 bits per heavy atom. The summed E-state index contributed by atoms with van der Waals surface area (Å²) in [5.41, 5.74) is -11.3. The zero-order chi connectivity index (χ0) is 26.9. The standard InChI is InChI=1S/C28H30O10/c1-22-11-17-24(3)28-19(22)27(21(32)38-28,35-12-15(22)18(30)36-17)14-6-9-25(33)8-4-5-16(29)23(25,2)13(14)7-10-26(28,34)20(31)37-24/h4-6,9,13-15,17,19,33-34H,7-8,10-12H2,1-3H3/t13-,14+,15-,17+,19+,22+,23-,24-,25-,26-,27-,28-/m0/s1. The molecule has 2 N–H and O–H groups in total. The third-order valence-corrected chi connectivity index (χ3v) is 12.3. The van der Waals surface area contributed by atoms with Gasteiger partial charge in [0, 0.05) is 5.92 Å². The number of aliphatic hydroxyl groups is 2. The minimum atomic E-state index is -2.27. The van der Waals surface area contributed by atoms with E-state index in [1.54, 1.807) is 32.1 Å². The Labute approximate surface area is 218 Å². The lowest BCUT2D eigenvalue weighted by molar-refractivity contribution is -0.331. The fourth-order valence-electron chi connectivity index (χ4n) is 10.3. The third kappa shape index (κ3) is 1.89. The van der Waals surface area contributed by atoms with Crippen LogP contribution >= 0.6 is 0 Å². The zero-order valence-corrected chi connectivity index (χ0v) is 21.4. The van der Waals surface area contributed by atoms with Gasteiger partial charge in [0.1, 0.15) is 6.10 Å². The van der Waals surface area contributed by atoms with Crippen molar-refractivity contribution in [1.82, 2.24) is 0 Å². The Hall–Kier alpha value is -2.56. The highest BCUT2D eigenvalue weighted by Gasteiger charge is 2.95. The number of fused-ring (bicyclic) bond motifs is 5. The highest BCUT2D eigenvalue weighted by molar-refractivity contribution is 5.98. The molecule has 4 saturated heterocycles. The molecule has 8 aliphatic rings. The summed E-state index contributed by atoms with van der Waals surface area (Å²) in [5, 5.41) is 24.1. The van der Waals surface area contributed by atoms with Gasteiger partial charge in [-0.05, 0) is 56.9 Å². The van der Waals surface area contributed by atoms with E-state index in [2.05, 4.69) is 0 Å². The summed E-state index contributed by atoms with van der Waals surface area (Å²) < 4.78 is 24.5. The number of esters is 3. The van der Waals surface area contributed by atoms with Crippen molar-refractivity contribution < 1.29 is 48.3 Å². The molecule has 38 heavy (non-hydrogen) atoms. The number of hydrogen-bond acceptors (Lipinski definition) is 10. The first-order valence-corrected chi connectivity index (χ1v) is 13.4. The maximum atomic E-state index is 14.4. The van der Waals surface area contributed by atoms with Crippen LogP contribution < -0.4 is 0 Å². The van der Waals surface area contributed by atoms with Gasteiger partial charge in [-0.1, -0.05) is 25.2 Å². The lowest BCUT2D eigenvalue weighted by Gasteiger charge is -2.67. The van der Waals surface area contributed by atoms with Crippen LogP contribution in [0.1, 0.15) is 46.5 Å². The van der Waals surface area contributed by atoms with Crippen LogP contribution in [0.2, 0.25) is 0 Å². The molecule has 4 aliphatic heterocycles. The Bertz CT molecular complexity index is 1340. The van der Waals surface area contributed by atoms with Crippen LogP contribution in [0.25, 0.3) is 0 Å². The molecule has 1 spiro atoms. The molecule has 0 unspecified atom stereocenters. The number of rotatable bonds is 0. The molecule has 6 fully saturated rings. The molecular formula is C28H30O10. The molecule has 202 valence electrons. The monoisotopic (exact) mass is 526 g/mol. The van der Waals surface area contributed by atoms with Crippen molar-refractivity contribution >= 4 is 23.7 Å². The van der Waals surface area contributed by atoms with E-state index in [4.69, 9.17) is 18.9 Å². The van der Waals surface area contributed by atoms with E-state index in [1.165, 1.54) is 6.08 Å². The van der Waals surface area contributed by atoms with Crippen molar-refractivity contribution in [2.75, 3.05) is 6.61 Å². The van der Waals surface area contributed by atoms with Gasteiger partial charge in [-0.3, -0.25) is 9.59 Å². The molecular weight excluding hydrogens is 496 g/mol. The Morgan fingerprint density at radius 1 is 1.03 bits per heavy atom. The van der Waals surface area contributed by atoms with Crippen LogP contribution in [-0.4, -0.2) is 74.6 Å². The molecule has 4 bridgehead atoms. The number of carbonyl (C=O) groups is 4. The van der Waals surface area contributed by atoms with Gasteiger partial charge in [-0.25, -0.2) is 9.59 Å². The SMILES string of the molecule is C[C@@]12C[C@H]3OC(=O)[C@@H]1CO[C@]14C(=O)O[C@@]5([C@H]21)[C@@]3(C)OC(=O)[C@@]5(O)CC[C@H]1[C@H]4C=C[C@@]2(O)CC=CC(=O)[C@]12C. The maximum Gasteiger partial charge on any atom is 0.343 e. The average Bonchev–Trinajstić information content (AvgIpc) is 3.23. The summed E-state index contributed by atoms with van der Waals surface area (Å²) in [6, 6.07) is 0. The molecule has 10 heteroatoms. The molecule has 10 nitrogen and oxygen atoms in total. The summed E-state index contributed by atoms with van der Waals surface area (Å²) in [6.45, 7) is 5.04. The van der Waals surface area contributed by atoms with E-state index >= 15 is 0 Å². The van der Waals surface area contributed by atoms with Crippen molar-refractivity contribution in [3.63, 3.8) is 0 Å². The fraction of sp³-hybridized carbons (Fsp3) is 0.714. The van der Waals surface area contributed by atoms with Gasteiger partial charge >= 0.3 is 17.9 Å². The second-order valence-corrected chi connectivity index (χ2v) is 13.3. The predicted molar refractivity (Wildman–Crippen MR) is 124 cm³/mol. The maximum absolute atomic E-state index is 14.4. The second-order valence-electron chi connectivity index (χ2n) is 13.3. The summed E-state index contributed by atoms with van der Waals surface area (Å²) in [4.78, 5) is 54.9. The van der Waals surface area contributed by atoms with Crippen LogP contribution in [0.5, 0.6) is 0 Å². The predicted octanol–water partition coefficient (Wildman–Crippen LogP) is 0.528. The van der Waals surface area contributed by atoms with Gasteiger partial charge < -0.3 is 29.2 Å². The molecule has 8 rings (SSSR count). The van der Waals surface area contributed by atoms with Crippen molar-refractivity contribution in [1.29, 1.82) is 0 Å². The Morgan fingerprint density at radius 3 is 2.55 bits per heavy atom. The van der Waals surface area contributed by atoms with Gasteiger partial charge in [0.15, 0.2) is 17.0 Å². The number of ether oxygens (including phenoxy) is 4. The third-order valence-electron chi connectivity index (χ3n) is 12.3. The largest absolute Gasteiger partial charge is 0.458 e. The fourth-order valence-corrected chi connectivity index (χ4v) is 10.3. The molecule has 4 heterocycles. The van der Waals surface area contributed by atoms with E-state index in [0.717, 1.165) is 0 Å². The van der Waals surface area contributed by atoms with Crippen molar-refractivity contribution in [2.24, 2.45) is 34.5 Å². The molecule has 0 radical (unpaired) electrons. The van der Waals surface area contributed by atoms with E-state index in [-0.39, 0.29) is 31.7 Å². The van der Waals surface area contributed by atoms with Gasteiger partial charge in [0.05, 0.1) is 29.5 Å². The Balaban J connectivity index is 1.46. The first-order valence-electron chi connectivity index (χ1n) is 13.4. The smallest absolute Gasteiger partial charge is 0.343 e. The topological polar surface area (TPSA) is 146 Å². The normalized spacial score (nSPS) is 60.7. The molecule has 0 aromatic heterocycles. The molecule has 0 aromatic rings. The summed E-state index contributed by atoms with van der Waals surface area (Å²) in [5.74, 6) is -5.61. The van der Waals surface area contributed by atoms with Crippen molar-refractivity contribution in [2.45, 2.75) is 80.6 Å². The number of hydrogen-bond donors (Lipinski definition) is 2. The molecule has 0 amide bonds. The van der Waals surface area contributed by atoms with Crippen LogP contribution in [0.3, 0.4) is 0 Å². The van der Waals surface area contributed by atoms with Crippen LogP contribution in [0.4, 0.5) is 0 Å². The van der Waals surface area contributed by atoms with Crippen LogP contribution in [0, 0.1) is 34.5 Å². The van der Waals surface area contributed by atoms with E-state index in [0.29, 0.717) is 6.42 Å². The van der Waals surface area contributed by atoms with E-state index < -0.39 is 86.5 Å². The highest BCUT2D eigenvalue weighted by Crippen LogP contribution is 2.77. The average molecular weight is 527 g/mol. The highest BCUT2D eigenvalue weighted by atomic mass is 16.7. The van der Waals surface area contributed by atoms with Gasteiger partial charge in [0.25, 0.3) is 0 Å². The van der Waals surface area contributed by atoms with Crippen molar-refractivity contribution in [3.8, 4) is 0 Å². The van der Waals surface area contributed by atoms with Gasteiger partial charge in [-0.15, -0.1) is 0 Å². The summed E-state index contributed by atoms with van der Waals surface area (Å²) >= 11 is 0. The van der Waals surface area contributed by atoms with Crippen molar-refractivity contribution in [3.05, 3.63) is 24.3 Å². The molecule has 12 atom stereocenters. The summed E-state index contributed by atoms with van der Waals surface area (Å²) in [7, 11) is 0. The zero-order valence-electron chi connectivity index (χ0n) is 21.4. The van der Waals surface area contributed by atoms with Gasteiger partial charge in [0.2, 0.25) is 11.2 Å². The van der Waals surface area contributed by atoms with Crippen LogP contribution in [0.15, 0.2) is 24.3 Å². The molecule has 4 aliphatic carbocycles. The van der Waals surface area contributed by atoms with E-state index in [9.17, 15) is 29.4 Å². The number of allylic oxidation sites excluding steroid dienone is 1. The van der Waals surface area contributed by atoms with E-state index in [1.807, 2.05) is 6.92 Å². The minimum Gasteiger partial charge on any atom is -0.458 e. The lowest BCUT2D eigenvalue weighted by atomic mass is 9.39. The number of carbonyl (C=O) groups excluding carboxylic acids is 4. The lowest BCUT2D eigenvalue weighted by Crippen LogP contribution is -2.82. The number of ketones is 1. The van der Waals surface area contributed by atoms with Crippen LogP contribution in [-0.2, 0) is 38.1 Å². The Kier molecular flexibility index (Phi) is 3.75. The molecule has 0 aromatic carbocycles. The molecule has 2 saturated carbocycles. The quantitative estimate of drug-likeness (QED) is 0.260. The first-order chi connectivity index (χ1) is 17.8. The summed E-state index contributed by atoms with van der Waals surface area (Å²) in [6.07, 6.45) is 5.98. The second kappa shape index (κ2) is 6.10.